The van der Waals surface area contributed by atoms with E-state index in [1.54, 1.807) is 6.07 Å². The first-order valence-electron chi connectivity index (χ1n) is 8.16. The molecule has 5 heteroatoms. The van der Waals surface area contributed by atoms with Crippen molar-refractivity contribution in [3.8, 4) is 11.8 Å². The molecular weight excluding hydrogens is 392 g/mol. The van der Waals surface area contributed by atoms with Crippen LogP contribution in [0.2, 0.25) is 0 Å². The van der Waals surface area contributed by atoms with E-state index in [0.717, 1.165) is 22.4 Å². The second kappa shape index (κ2) is 8.03. The number of aromatic nitrogens is 1. The van der Waals surface area contributed by atoms with Crippen molar-refractivity contribution in [1.29, 1.82) is 5.26 Å². The zero-order valence-electron chi connectivity index (χ0n) is 14.3. The van der Waals surface area contributed by atoms with Crippen molar-refractivity contribution in [1.82, 2.24) is 4.98 Å². The van der Waals surface area contributed by atoms with Crippen LogP contribution in [0.3, 0.4) is 0 Å². The highest BCUT2D eigenvalue weighted by Gasteiger charge is 2.16. The molecular formula is C21H17BrN2O2. The summed E-state index contributed by atoms with van der Waals surface area (Å²) in [5.74, 6) is 0.517. The number of nitriles is 1. The highest BCUT2D eigenvalue weighted by atomic mass is 79.9. The van der Waals surface area contributed by atoms with Gasteiger partial charge in [0.15, 0.2) is 0 Å². The lowest BCUT2D eigenvalue weighted by Gasteiger charge is -2.16. The van der Waals surface area contributed by atoms with Crippen LogP contribution < -0.4 is 10.3 Å². The minimum Gasteiger partial charge on any atom is -0.487 e. The Labute approximate surface area is 160 Å². The predicted octanol–water partition coefficient (Wildman–Crippen LogP) is 4.49. The molecule has 0 unspecified atom stereocenters. The summed E-state index contributed by atoms with van der Waals surface area (Å²) in [6, 6.07) is 19.4. The smallest absolute Gasteiger partial charge is 0.266 e. The van der Waals surface area contributed by atoms with Crippen LogP contribution in [0.25, 0.3) is 0 Å². The van der Waals surface area contributed by atoms with E-state index in [1.165, 1.54) is 0 Å². The third-order valence-corrected chi connectivity index (χ3v) is 4.88. The second-order valence-corrected chi connectivity index (χ2v) is 6.71. The van der Waals surface area contributed by atoms with Gasteiger partial charge in [0.05, 0.1) is 11.6 Å². The van der Waals surface area contributed by atoms with Crippen molar-refractivity contribution in [2.45, 2.75) is 20.0 Å². The number of halogens is 1. The molecule has 0 amide bonds. The lowest BCUT2D eigenvalue weighted by Crippen LogP contribution is -2.14. The number of hydrogen-bond donors (Lipinski definition) is 1. The van der Waals surface area contributed by atoms with Crippen molar-refractivity contribution in [3.63, 3.8) is 0 Å². The molecule has 2 aromatic carbocycles. The van der Waals surface area contributed by atoms with E-state index >= 15 is 0 Å². The van der Waals surface area contributed by atoms with Gasteiger partial charge in [0.2, 0.25) is 0 Å². The molecule has 26 heavy (non-hydrogen) atoms. The van der Waals surface area contributed by atoms with E-state index in [9.17, 15) is 10.1 Å². The molecule has 0 aliphatic heterocycles. The first-order chi connectivity index (χ1) is 12.6. The van der Waals surface area contributed by atoms with Crippen molar-refractivity contribution in [2.24, 2.45) is 0 Å². The maximum atomic E-state index is 12.2. The van der Waals surface area contributed by atoms with Gasteiger partial charge in [-0.1, -0.05) is 48.5 Å². The predicted molar refractivity (Wildman–Crippen MR) is 104 cm³/mol. The maximum Gasteiger partial charge on any atom is 0.266 e. The topological polar surface area (TPSA) is 65.9 Å². The molecule has 1 heterocycles. The second-order valence-electron chi connectivity index (χ2n) is 5.92. The number of nitrogens with one attached hydrogen (secondary N) is 1. The third-order valence-electron chi connectivity index (χ3n) is 4.16. The Morgan fingerprint density at radius 1 is 1.12 bits per heavy atom. The van der Waals surface area contributed by atoms with Crippen LogP contribution in [0.5, 0.6) is 5.75 Å². The minimum atomic E-state index is -0.233. The molecule has 3 aromatic rings. The van der Waals surface area contributed by atoms with Gasteiger partial charge in [-0.2, -0.15) is 5.26 Å². The minimum absolute atomic E-state index is 0.215. The van der Waals surface area contributed by atoms with Gasteiger partial charge in [0.1, 0.15) is 16.8 Å². The largest absolute Gasteiger partial charge is 0.487 e. The highest BCUT2D eigenvalue weighted by Crippen LogP contribution is 2.30. The van der Waals surface area contributed by atoms with E-state index in [0.29, 0.717) is 22.2 Å². The fourth-order valence-electron chi connectivity index (χ4n) is 2.77. The van der Waals surface area contributed by atoms with Crippen molar-refractivity contribution >= 4 is 15.9 Å². The van der Waals surface area contributed by atoms with Gasteiger partial charge >= 0.3 is 0 Å². The lowest BCUT2D eigenvalue weighted by atomic mass is 10.0. The van der Waals surface area contributed by atoms with E-state index in [-0.39, 0.29) is 12.2 Å². The fourth-order valence-corrected chi connectivity index (χ4v) is 3.23. The quantitative estimate of drug-likeness (QED) is 0.676. The fraction of sp³-hybridized carbons (Fsp3) is 0.143. The zero-order chi connectivity index (χ0) is 18.5. The Morgan fingerprint density at radius 3 is 2.54 bits per heavy atom. The Bertz CT molecular complexity index is 1020. The molecule has 4 nitrogen and oxygen atoms in total. The van der Waals surface area contributed by atoms with Crippen LogP contribution in [0.4, 0.5) is 0 Å². The normalized spacial score (nSPS) is 10.3. The van der Waals surface area contributed by atoms with Crippen LogP contribution in [0.15, 0.2) is 63.9 Å². The molecule has 0 aliphatic carbocycles. The van der Waals surface area contributed by atoms with Crippen molar-refractivity contribution < 1.29 is 4.74 Å². The molecule has 0 bridgehead atoms. The Morgan fingerprint density at radius 2 is 1.81 bits per heavy atom. The first-order valence-corrected chi connectivity index (χ1v) is 8.95. The molecule has 0 atom stereocenters. The summed E-state index contributed by atoms with van der Waals surface area (Å²) in [6.07, 6.45) is 0.636. The van der Waals surface area contributed by atoms with Crippen LogP contribution >= 0.6 is 15.9 Å². The van der Waals surface area contributed by atoms with Crippen molar-refractivity contribution in [2.75, 3.05) is 0 Å². The summed E-state index contributed by atoms with van der Waals surface area (Å²) in [5.41, 5.74) is 3.92. The number of aromatic amines is 1. The molecule has 0 fully saturated rings. The van der Waals surface area contributed by atoms with Crippen LogP contribution in [-0.4, -0.2) is 4.98 Å². The van der Waals surface area contributed by atoms with E-state index in [1.807, 2.05) is 55.5 Å². The Balaban J connectivity index is 1.97. The third kappa shape index (κ3) is 3.87. The van der Waals surface area contributed by atoms with Crippen molar-refractivity contribution in [3.05, 3.63) is 97.4 Å². The van der Waals surface area contributed by atoms with Gasteiger partial charge in [-0.05, 0) is 34.5 Å². The van der Waals surface area contributed by atoms with Gasteiger partial charge in [0.25, 0.3) is 5.56 Å². The van der Waals surface area contributed by atoms with Gasteiger partial charge in [-0.15, -0.1) is 0 Å². The number of hydrogen-bond acceptors (Lipinski definition) is 3. The number of nitrogens with zero attached hydrogens (tertiary/aromatic N) is 1. The number of pyridine rings is 1. The molecule has 0 saturated heterocycles. The van der Waals surface area contributed by atoms with Crippen LogP contribution in [0.1, 0.15) is 27.9 Å². The van der Waals surface area contributed by atoms with E-state index in [2.05, 4.69) is 27.0 Å². The number of H-pyrrole nitrogens is 1. The van der Waals surface area contributed by atoms with E-state index < -0.39 is 0 Å². The summed E-state index contributed by atoms with van der Waals surface area (Å²) in [4.78, 5) is 15.0. The van der Waals surface area contributed by atoms with Gasteiger partial charge < -0.3 is 9.72 Å². The average Bonchev–Trinajstić information content (AvgIpc) is 2.67. The zero-order valence-corrected chi connectivity index (χ0v) is 15.8. The SMILES string of the molecule is Cc1[nH]c(=O)c(Br)c(OCc2ccccc2C#N)c1Cc1ccccc1. The summed E-state index contributed by atoms with van der Waals surface area (Å²) in [5, 5.41) is 9.24. The number of aryl methyl sites for hydroxylation is 1. The highest BCUT2D eigenvalue weighted by molar-refractivity contribution is 9.10. The molecule has 3 rings (SSSR count). The summed E-state index contributed by atoms with van der Waals surface area (Å²) < 4.78 is 6.38. The summed E-state index contributed by atoms with van der Waals surface area (Å²) >= 11 is 3.35. The Kier molecular flexibility index (Phi) is 5.55. The summed E-state index contributed by atoms with van der Waals surface area (Å²) in [6.45, 7) is 2.08. The molecule has 0 radical (unpaired) electrons. The van der Waals surface area contributed by atoms with Gasteiger partial charge in [0, 0.05) is 23.2 Å². The number of ether oxygens (including phenoxy) is 1. The van der Waals surface area contributed by atoms with Crippen LogP contribution in [-0.2, 0) is 13.0 Å². The standard InChI is InChI=1S/C21H17BrN2O2/c1-14-18(11-15-7-3-2-4-8-15)20(19(22)21(25)24-14)26-13-17-10-6-5-9-16(17)12-23/h2-10H,11,13H2,1H3,(H,24,25). The summed E-state index contributed by atoms with van der Waals surface area (Å²) in [7, 11) is 0. The average molecular weight is 409 g/mol. The molecule has 1 N–H and O–H groups in total. The monoisotopic (exact) mass is 408 g/mol. The Hall–Kier alpha value is -2.84. The number of benzene rings is 2. The number of rotatable bonds is 5. The molecule has 0 aliphatic rings. The molecule has 0 saturated carbocycles. The molecule has 130 valence electrons. The first kappa shape index (κ1) is 18.0. The molecule has 1 aromatic heterocycles. The van der Waals surface area contributed by atoms with Gasteiger partial charge in [-0.3, -0.25) is 4.79 Å². The van der Waals surface area contributed by atoms with Gasteiger partial charge in [-0.25, -0.2) is 0 Å². The van der Waals surface area contributed by atoms with Crippen LogP contribution in [0, 0.1) is 18.3 Å². The maximum absolute atomic E-state index is 12.2. The molecule has 0 spiro atoms. The lowest BCUT2D eigenvalue weighted by molar-refractivity contribution is 0.300. The van der Waals surface area contributed by atoms with E-state index in [4.69, 9.17) is 4.74 Å².